The molecule has 2 aromatic rings. The Hall–Kier alpha value is -2.47. The van der Waals surface area contributed by atoms with Crippen molar-refractivity contribution < 1.29 is 19.4 Å². The second kappa shape index (κ2) is 7.83. The molecule has 1 aliphatic rings. The van der Waals surface area contributed by atoms with E-state index < -0.39 is 12.0 Å². The Morgan fingerprint density at radius 1 is 1.23 bits per heavy atom. The SMILES string of the molecule is Cc1ccc(C)c(SCC(=O)NC(C(=O)O)c2ccc3c(c2)CCO3)c1. The summed E-state index contributed by atoms with van der Waals surface area (Å²) in [5.74, 6) is -0.425. The molecule has 0 aliphatic carbocycles. The monoisotopic (exact) mass is 371 g/mol. The van der Waals surface area contributed by atoms with E-state index in [0.29, 0.717) is 12.2 Å². The first-order valence-corrected chi connectivity index (χ1v) is 9.40. The second-order valence-corrected chi connectivity index (χ2v) is 7.38. The number of fused-ring (bicyclic) bond motifs is 1. The lowest BCUT2D eigenvalue weighted by Crippen LogP contribution is -2.34. The minimum atomic E-state index is -1.08. The van der Waals surface area contributed by atoms with Crippen molar-refractivity contribution in [2.24, 2.45) is 0 Å². The van der Waals surface area contributed by atoms with Crippen molar-refractivity contribution in [2.75, 3.05) is 12.4 Å². The smallest absolute Gasteiger partial charge is 0.330 e. The third-order valence-electron chi connectivity index (χ3n) is 4.30. The van der Waals surface area contributed by atoms with E-state index in [2.05, 4.69) is 5.32 Å². The van der Waals surface area contributed by atoms with Crippen LogP contribution in [0.4, 0.5) is 0 Å². The molecule has 0 radical (unpaired) electrons. The lowest BCUT2D eigenvalue weighted by atomic mass is 10.0. The van der Waals surface area contributed by atoms with Gasteiger partial charge in [-0.1, -0.05) is 23.8 Å². The van der Waals surface area contributed by atoms with E-state index in [1.54, 1.807) is 18.2 Å². The molecule has 1 atom stereocenters. The zero-order valence-electron chi connectivity index (χ0n) is 14.7. The first kappa shape index (κ1) is 18.3. The summed E-state index contributed by atoms with van der Waals surface area (Å²) in [6, 6.07) is 10.3. The highest BCUT2D eigenvalue weighted by atomic mass is 32.2. The van der Waals surface area contributed by atoms with Gasteiger partial charge in [-0.3, -0.25) is 4.79 Å². The third kappa shape index (κ3) is 4.19. The van der Waals surface area contributed by atoms with E-state index in [4.69, 9.17) is 4.74 Å². The summed E-state index contributed by atoms with van der Waals surface area (Å²) >= 11 is 1.41. The highest BCUT2D eigenvalue weighted by Crippen LogP contribution is 2.29. The van der Waals surface area contributed by atoms with E-state index in [1.165, 1.54) is 11.8 Å². The van der Waals surface area contributed by atoms with Gasteiger partial charge in [0.2, 0.25) is 5.91 Å². The number of carbonyl (C=O) groups is 2. The molecule has 0 spiro atoms. The van der Waals surface area contributed by atoms with Crippen LogP contribution in [0.25, 0.3) is 0 Å². The first-order chi connectivity index (χ1) is 12.4. The summed E-state index contributed by atoms with van der Waals surface area (Å²) in [6.07, 6.45) is 0.756. The van der Waals surface area contributed by atoms with Gasteiger partial charge in [0.25, 0.3) is 0 Å². The van der Waals surface area contributed by atoms with Crippen molar-refractivity contribution in [1.29, 1.82) is 0 Å². The Morgan fingerprint density at radius 3 is 2.81 bits per heavy atom. The molecular formula is C20H21NO4S. The van der Waals surface area contributed by atoms with Crippen molar-refractivity contribution in [2.45, 2.75) is 31.2 Å². The Bertz CT molecular complexity index is 850. The molecule has 1 amide bonds. The van der Waals surface area contributed by atoms with Crippen LogP contribution in [0.3, 0.4) is 0 Å². The molecule has 0 aromatic heterocycles. The Kier molecular flexibility index (Phi) is 5.52. The Morgan fingerprint density at radius 2 is 2.04 bits per heavy atom. The zero-order chi connectivity index (χ0) is 18.7. The molecule has 1 unspecified atom stereocenters. The molecule has 1 aliphatic heterocycles. The molecule has 0 bridgehead atoms. The number of benzene rings is 2. The van der Waals surface area contributed by atoms with Gasteiger partial charge in [-0.05, 0) is 48.7 Å². The average Bonchev–Trinajstić information content (AvgIpc) is 3.07. The summed E-state index contributed by atoms with van der Waals surface area (Å²) in [5, 5.41) is 12.2. The van der Waals surface area contributed by atoms with Crippen molar-refractivity contribution in [3.63, 3.8) is 0 Å². The van der Waals surface area contributed by atoms with Gasteiger partial charge in [0.05, 0.1) is 12.4 Å². The minimum absolute atomic E-state index is 0.169. The second-order valence-electron chi connectivity index (χ2n) is 6.36. The topological polar surface area (TPSA) is 75.6 Å². The molecule has 0 fully saturated rings. The third-order valence-corrected chi connectivity index (χ3v) is 5.46. The number of thioether (sulfide) groups is 1. The van der Waals surface area contributed by atoms with Gasteiger partial charge in [0, 0.05) is 11.3 Å². The van der Waals surface area contributed by atoms with E-state index in [9.17, 15) is 14.7 Å². The largest absolute Gasteiger partial charge is 0.493 e. The molecule has 2 aromatic carbocycles. The number of carboxylic acids is 1. The van der Waals surface area contributed by atoms with Gasteiger partial charge >= 0.3 is 5.97 Å². The first-order valence-electron chi connectivity index (χ1n) is 8.42. The summed E-state index contributed by atoms with van der Waals surface area (Å²) in [5.41, 5.74) is 3.77. The van der Waals surface area contributed by atoms with Gasteiger partial charge in [0.15, 0.2) is 6.04 Å². The molecule has 5 nitrogen and oxygen atoms in total. The highest BCUT2D eigenvalue weighted by molar-refractivity contribution is 8.00. The van der Waals surface area contributed by atoms with Crippen molar-refractivity contribution in [1.82, 2.24) is 5.32 Å². The van der Waals surface area contributed by atoms with Gasteiger partial charge in [-0.15, -0.1) is 11.8 Å². The van der Waals surface area contributed by atoms with Crippen LogP contribution in [0.15, 0.2) is 41.3 Å². The molecule has 0 saturated carbocycles. The van der Waals surface area contributed by atoms with Crippen LogP contribution in [-0.2, 0) is 16.0 Å². The summed E-state index contributed by atoms with van der Waals surface area (Å²) in [4.78, 5) is 25.0. The molecule has 1 heterocycles. The Labute approximate surface area is 156 Å². The van der Waals surface area contributed by atoms with E-state index >= 15 is 0 Å². The molecule has 6 heteroatoms. The van der Waals surface area contributed by atoms with E-state index in [1.807, 2.05) is 32.0 Å². The fraction of sp³-hybridized carbons (Fsp3) is 0.300. The zero-order valence-corrected chi connectivity index (χ0v) is 15.6. The fourth-order valence-corrected chi connectivity index (χ4v) is 3.82. The normalized spacial score (nSPS) is 13.6. The standard InChI is InChI=1S/C20H21NO4S/c1-12-3-4-13(2)17(9-12)26-11-18(22)21-19(20(23)24)15-5-6-16-14(10-15)7-8-25-16/h3-6,9-10,19H,7-8,11H2,1-2H3,(H,21,22)(H,23,24). The molecule has 2 N–H and O–H groups in total. The van der Waals surface area contributed by atoms with Crippen LogP contribution >= 0.6 is 11.8 Å². The number of carboxylic acid groups (broad SMARTS) is 1. The van der Waals surface area contributed by atoms with E-state index in [0.717, 1.165) is 33.8 Å². The van der Waals surface area contributed by atoms with E-state index in [-0.39, 0.29) is 11.7 Å². The van der Waals surface area contributed by atoms with Crippen molar-refractivity contribution >= 4 is 23.6 Å². The quantitative estimate of drug-likeness (QED) is 0.762. The molecule has 136 valence electrons. The molecular weight excluding hydrogens is 350 g/mol. The Balaban J connectivity index is 1.67. The predicted octanol–water partition coefficient (Wildman–Crippen LogP) is 3.27. The average molecular weight is 371 g/mol. The maximum atomic E-state index is 12.3. The lowest BCUT2D eigenvalue weighted by Gasteiger charge is -2.16. The van der Waals surface area contributed by atoms with Gasteiger partial charge in [0.1, 0.15) is 5.75 Å². The number of rotatable bonds is 6. The van der Waals surface area contributed by atoms with Crippen molar-refractivity contribution in [3.05, 3.63) is 58.7 Å². The van der Waals surface area contributed by atoms with Crippen LogP contribution in [-0.4, -0.2) is 29.3 Å². The number of ether oxygens (including phenoxy) is 1. The van der Waals surface area contributed by atoms with Crippen LogP contribution in [0.5, 0.6) is 5.75 Å². The number of amides is 1. The maximum absolute atomic E-state index is 12.3. The fourth-order valence-electron chi connectivity index (χ4n) is 2.88. The number of aryl methyl sites for hydroxylation is 2. The summed E-state index contributed by atoms with van der Waals surface area (Å²) in [6.45, 7) is 4.60. The maximum Gasteiger partial charge on any atom is 0.330 e. The number of nitrogens with one attached hydrogen (secondary N) is 1. The number of hydrogen-bond acceptors (Lipinski definition) is 4. The van der Waals surface area contributed by atoms with Crippen LogP contribution in [0.1, 0.15) is 28.3 Å². The van der Waals surface area contributed by atoms with Gasteiger partial charge in [-0.2, -0.15) is 0 Å². The molecule has 0 saturated heterocycles. The number of carbonyl (C=O) groups excluding carboxylic acids is 1. The number of hydrogen-bond donors (Lipinski definition) is 2. The van der Waals surface area contributed by atoms with Gasteiger partial charge in [-0.25, -0.2) is 4.79 Å². The lowest BCUT2D eigenvalue weighted by molar-refractivity contribution is -0.141. The summed E-state index contributed by atoms with van der Waals surface area (Å²) in [7, 11) is 0. The molecule has 3 rings (SSSR count). The predicted molar refractivity (Wildman–Crippen MR) is 101 cm³/mol. The van der Waals surface area contributed by atoms with Crippen molar-refractivity contribution in [3.8, 4) is 5.75 Å². The van der Waals surface area contributed by atoms with Crippen LogP contribution < -0.4 is 10.1 Å². The van der Waals surface area contributed by atoms with Crippen LogP contribution in [0, 0.1) is 13.8 Å². The highest BCUT2D eigenvalue weighted by Gasteiger charge is 2.24. The minimum Gasteiger partial charge on any atom is -0.493 e. The van der Waals surface area contributed by atoms with Gasteiger partial charge < -0.3 is 15.2 Å². The molecule has 26 heavy (non-hydrogen) atoms. The number of aliphatic carboxylic acids is 1. The van der Waals surface area contributed by atoms with Crippen LogP contribution in [0.2, 0.25) is 0 Å². The summed E-state index contributed by atoms with van der Waals surface area (Å²) < 4.78 is 5.45.